The van der Waals surface area contributed by atoms with E-state index in [1.165, 1.54) is 10.4 Å². The number of hydrogen-bond donors (Lipinski definition) is 1. The highest BCUT2D eigenvalue weighted by Gasteiger charge is 2.28. The van der Waals surface area contributed by atoms with Gasteiger partial charge in [-0.05, 0) is 49.6 Å². The summed E-state index contributed by atoms with van der Waals surface area (Å²) in [6.07, 6.45) is 4.89. The van der Waals surface area contributed by atoms with Gasteiger partial charge in [-0.2, -0.15) is 4.31 Å². The number of halogens is 1. The minimum Gasteiger partial charge on any atom is -0.379 e. The topological polar surface area (TPSA) is 91.8 Å². The third-order valence-corrected chi connectivity index (χ3v) is 7.38. The number of piperidine rings is 1. The Labute approximate surface area is 181 Å². The molecule has 1 N–H and O–H groups in total. The van der Waals surface area contributed by atoms with Gasteiger partial charge in [0.1, 0.15) is 5.82 Å². The molecule has 31 heavy (non-hydrogen) atoms. The van der Waals surface area contributed by atoms with Crippen LogP contribution in [0.15, 0.2) is 41.4 Å². The van der Waals surface area contributed by atoms with Crippen molar-refractivity contribution in [2.24, 2.45) is 0 Å². The minimum absolute atomic E-state index is 0.122. The molecule has 8 nitrogen and oxygen atoms in total. The van der Waals surface area contributed by atoms with Gasteiger partial charge in [0, 0.05) is 32.4 Å². The second kappa shape index (κ2) is 9.29. The Morgan fingerprint density at radius 3 is 2.55 bits per heavy atom. The molecule has 2 saturated heterocycles. The summed E-state index contributed by atoms with van der Waals surface area (Å²) in [4.78, 5) is 19.3. The van der Waals surface area contributed by atoms with Crippen molar-refractivity contribution in [1.82, 2.24) is 9.29 Å². The number of nitrogens with one attached hydrogen (secondary N) is 1. The Morgan fingerprint density at radius 2 is 1.81 bits per heavy atom. The minimum atomic E-state index is -3.85. The fourth-order valence-corrected chi connectivity index (χ4v) is 5.25. The largest absolute Gasteiger partial charge is 0.379 e. The maximum Gasteiger partial charge on any atom is 0.258 e. The summed E-state index contributed by atoms with van der Waals surface area (Å²) in [7, 11) is -3.85. The monoisotopic (exact) mass is 448 g/mol. The highest BCUT2D eigenvalue weighted by atomic mass is 32.2. The number of ether oxygens (including phenoxy) is 1. The van der Waals surface area contributed by atoms with E-state index in [-0.39, 0.29) is 23.5 Å². The van der Waals surface area contributed by atoms with E-state index >= 15 is 0 Å². The second-order valence-electron chi connectivity index (χ2n) is 7.53. The van der Waals surface area contributed by atoms with Crippen LogP contribution in [-0.4, -0.2) is 63.0 Å². The van der Waals surface area contributed by atoms with Gasteiger partial charge in [0.05, 0.1) is 29.4 Å². The Hall–Kier alpha value is -2.56. The van der Waals surface area contributed by atoms with Gasteiger partial charge in [-0.1, -0.05) is 0 Å². The van der Waals surface area contributed by atoms with Crippen LogP contribution in [-0.2, 0) is 14.8 Å². The molecule has 0 atom stereocenters. The number of rotatable bonds is 5. The van der Waals surface area contributed by atoms with Gasteiger partial charge in [0.2, 0.25) is 10.0 Å². The first-order chi connectivity index (χ1) is 15.0. The molecular weight excluding hydrogens is 423 g/mol. The molecule has 0 unspecified atom stereocenters. The van der Waals surface area contributed by atoms with Crippen molar-refractivity contribution in [3.05, 3.63) is 47.9 Å². The van der Waals surface area contributed by atoms with Crippen LogP contribution >= 0.6 is 0 Å². The SMILES string of the molecule is O=C(Nc1cccnc1N1CCCCC1)c1cc(S(=O)(=O)N2CCOCC2)ccc1F. The van der Waals surface area contributed by atoms with Crippen LogP contribution in [0.1, 0.15) is 29.6 Å². The van der Waals surface area contributed by atoms with Crippen LogP contribution in [0.4, 0.5) is 15.9 Å². The zero-order valence-corrected chi connectivity index (χ0v) is 17.9. The van der Waals surface area contributed by atoms with Crippen molar-refractivity contribution >= 4 is 27.4 Å². The number of carbonyl (C=O) groups is 1. The van der Waals surface area contributed by atoms with Crippen LogP contribution in [0.25, 0.3) is 0 Å². The Morgan fingerprint density at radius 1 is 1.06 bits per heavy atom. The molecule has 4 rings (SSSR count). The molecule has 2 fully saturated rings. The van der Waals surface area contributed by atoms with Gasteiger partial charge >= 0.3 is 0 Å². The third kappa shape index (κ3) is 4.70. The molecule has 1 aromatic carbocycles. The van der Waals surface area contributed by atoms with Crippen LogP contribution in [0.2, 0.25) is 0 Å². The average molecular weight is 449 g/mol. The van der Waals surface area contributed by atoms with Crippen molar-refractivity contribution in [2.45, 2.75) is 24.2 Å². The molecule has 0 bridgehead atoms. The molecule has 1 aromatic heterocycles. The van der Waals surface area contributed by atoms with E-state index in [0.717, 1.165) is 44.5 Å². The molecular formula is C21H25FN4O4S. The van der Waals surface area contributed by atoms with Crippen LogP contribution < -0.4 is 10.2 Å². The third-order valence-electron chi connectivity index (χ3n) is 5.48. The van der Waals surface area contributed by atoms with E-state index < -0.39 is 21.7 Å². The standard InChI is InChI=1S/C21H25FN4O4S/c22-18-7-6-16(31(28,29)26-11-13-30-14-12-26)15-17(18)21(27)24-19-5-4-8-23-20(19)25-9-2-1-3-10-25/h4-8,15H,1-3,9-14H2,(H,24,27). The molecule has 2 aromatic rings. The molecule has 1 amide bonds. The quantitative estimate of drug-likeness (QED) is 0.756. The number of sulfonamides is 1. The lowest BCUT2D eigenvalue weighted by Gasteiger charge is -2.29. The zero-order valence-electron chi connectivity index (χ0n) is 17.1. The van der Waals surface area contributed by atoms with E-state index in [4.69, 9.17) is 4.74 Å². The van der Waals surface area contributed by atoms with Gasteiger partial charge < -0.3 is 15.0 Å². The van der Waals surface area contributed by atoms with Gasteiger partial charge in [0.15, 0.2) is 5.82 Å². The lowest BCUT2D eigenvalue weighted by atomic mass is 10.1. The maximum atomic E-state index is 14.5. The number of anilines is 2. The molecule has 0 saturated carbocycles. The number of morpholine rings is 1. The van der Waals surface area contributed by atoms with Crippen LogP contribution in [0.5, 0.6) is 0 Å². The summed E-state index contributed by atoms with van der Waals surface area (Å²) in [6.45, 7) is 2.71. The average Bonchev–Trinajstić information content (AvgIpc) is 2.80. The van der Waals surface area contributed by atoms with Crippen molar-refractivity contribution in [1.29, 1.82) is 0 Å². The number of nitrogens with zero attached hydrogens (tertiary/aromatic N) is 3. The molecule has 166 valence electrons. The first kappa shape index (κ1) is 21.7. The highest BCUT2D eigenvalue weighted by Crippen LogP contribution is 2.27. The fourth-order valence-electron chi connectivity index (χ4n) is 3.82. The maximum absolute atomic E-state index is 14.5. The number of aromatic nitrogens is 1. The predicted molar refractivity (Wildman–Crippen MR) is 114 cm³/mol. The highest BCUT2D eigenvalue weighted by molar-refractivity contribution is 7.89. The van der Waals surface area contributed by atoms with Crippen molar-refractivity contribution < 1.29 is 22.3 Å². The number of carbonyl (C=O) groups excluding carboxylic acids is 1. The van der Waals surface area contributed by atoms with E-state index in [1.54, 1.807) is 18.3 Å². The summed E-state index contributed by atoms with van der Waals surface area (Å²) in [6, 6.07) is 6.68. The summed E-state index contributed by atoms with van der Waals surface area (Å²) >= 11 is 0. The molecule has 0 radical (unpaired) electrons. The zero-order chi connectivity index (χ0) is 21.8. The van der Waals surface area contributed by atoms with E-state index in [9.17, 15) is 17.6 Å². The second-order valence-corrected chi connectivity index (χ2v) is 9.47. The summed E-state index contributed by atoms with van der Waals surface area (Å²) in [5, 5.41) is 2.71. The van der Waals surface area contributed by atoms with E-state index in [1.807, 2.05) is 0 Å². The lowest BCUT2D eigenvalue weighted by molar-refractivity contribution is 0.0730. The van der Waals surface area contributed by atoms with Crippen molar-refractivity contribution in [3.63, 3.8) is 0 Å². The number of benzene rings is 1. The smallest absolute Gasteiger partial charge is 0.258 e. The molecule has 2 aliphatic rings. The molecule has 10 heteroatoms. The predicted octanol–water partition coefficient (Wildman–Crippen LogP) is 2.48. The Bertz CT molecular complexity index is 1050. The van der Waals surface area contributed by atoms with Crippen LogP contribution in [0.3, 0.4) is 0 Å². The normalized spacial score (nSPS) is 18.0. The van der Waals surface area contributed by atoms with Gasteiger partial charge in [-0.15, -0.1) is 0 Å². The van der Waals surface area contributed by atoms with Gasteiger partial charge in [0.25, 0.3) is 5.91 Å². The van der Waals surface area contributed by atoms with Crippen molar-refractivity contribution in [2.75, 3.05) is 49.6 Å². The van der Waals surface area contributed by atoms with Gasteiger partial charge in [-0.3, -0.25) is 4.79 Å². The van der Waals surface area contributed by atoms with E-state index in [0.29, 0.717) is 24.7 Å². The molecule has 2 aliphatic heterocycles. The fraction of sp³-hybridized carbons (Fsp3) is 0.429. The Balaban J connectivity index is 1.59. The van der Waals surface area contributed by atoms with E-state index in [2.05, 4.69) is 15.2 Å². The van der Waals surface area contributed by atoms with Crippen LogP contribution in [0, 0.1) is 5.82 Å². The number of hydrogen-bond acceptors (Lipinski definition) is 6. The molecule has 3 heterocycles. The number of amides is 1. The number of pyridine rings is 1. The summed E-state index contributed by atoms with van der Waals surface area (Å²) in [5.74, 6) is -0.877. The lowest BCUT2D eigenvalue weighted by Crippen LogP contribution is -2.40. The van der Waals surface area contributed by atoms with Crippen molar-refractivity contribution in [3.8, 4) is 0 Å². The Kier molecular flexibility index (Phi) is 6.49. The first-order valence-corrected chi connectivity index (χ1v) is 11.8. The first-order valence-electron chi connectivity index (χ1n) is 10.4. The summed E-state index contributed by atoms with van der Waals surface area (Å²) < 4.78 is 46.8. The molecule has 0 aliphatic carbocycles. The summed E-state index contributed by atoms with van der Waals surface area (Å²) in [5.41, 5.74) is 0.137. The van der Waals surface area contributed by atoms with Gasteiger partial charge in [-0.25, -0.2) is 17.8 Å². The molecule has 0 spiro atoms.